The van der Waals surface area contributed by atoms with Crippen molar-refractivity contribution in [3.63, 3.8) is 0 Å². The molecule has 0 aliphatic carbocycles. The standard InChI is InChI=1S/C17H21N3OS.C16H30INO5S.C2H6/c1-12-16(22-11-19-12)14-7-5-13(6-8-14)10-18-17(21)15-4-3-9-20(15)2;1-16(2,3)14(12-19)18-15(20)13-22-10-7-9-21-8-5-4-6-11-23-24-17;1-2/h5-8,11,15H,3-4,9-10H2,1-2H3,(H,18,21);12,14H,4-11,13H2,1-3H3,(H,18,20);1-2H3. The van der Waals surface area contributed by atoms with Gasteiger partial charge in [0, 0.05) is 47.6 Å². The number of carbonyl (C=O) groups excluding carboxylic acids is 3. The van der Waals surface area contributed by atoms with E-state index in [0.717, 1.165) is 75.8 Å². The molecule has 1 saturated heterocycles. The van der Waals surface area contributed by atoms with Gasteiger partial charge in [0.05, 0.1) is 44.0 Å². The van der Waals surface area contributed by atoms with Gasteiger partial charge in [-0.2, -0.15) is 0 Å². The summed E-state index contributed by atoms with van der Waals surface area (Å²) in [6.07, 6.45) is 6.76. The molecule has 0 bridgehead atoms. The number of ether oxygens (including phenoxy) is 2. The average molecular weight is 821 g/mol. The van der Waals surface area contributed by atoms with Gasteiger partial charge in [-0.3, -0.25) is 14.5 Å². The van der Waals surface area contributed by atoms with Crippen LogP contribution in [0.5, 0.6) is 0 Å². The maximum Gasteiger partial charge on any atom is 0.246 e. The maximum atomic E-state index is 12.2. The zero-order valence-corrected chi connectivity index (χ0v) is 33.6. The molecular weight excluding hydrogens is 763 g/mol. The number of hydrogen-bond donors (Lipinski definition) is 2. The fraction of sp³-hybridized carbons (Fsp3) is 0.657. The Morgan fingerprint density at radius 3 is 2.33 bits per heavy atom. The summed E-state index contributed by atoms with van der Waals surface area (Å²) in [7, 11) is 3.38. The number of unbranched alkanes of at least 4 members (excludes halogenated alkanes) is 2. The topological polar surface area (TPSA) is 119 Å². The van der Waals surface area contributed by atoms with E-state index in [1.54, 1.807) is 11.3 Å². The van der Waals surface area contributed by atoms with Crippen molar-refractivity contribution in [2.45, 2.75) is 98.7 Å². The van der Waals surface area contributed by atoms with Crippen LogP contribution >= 0.6 is 41.8 Å². The molecule has 1 aromatic carbocycles. The first kappa shape index (κ1) is 44.4. The fourth-order valence-corrected chi connectivity index (χ4v) is 6.21. The number of aryl methyl sites for hydroxylation is 1. The molecule has 0 spiro atoms. The smallest absolute Gasteiger partial charge is 0.246 e. The Kier molecular flexibility index (Phi) is 24.3. The van der Waals surface area contributed by atoms with E-state index in [1.807, 2.05) is 54.1 Å². The number of thiazole rings is 1. The van der Waals surface area contributed by atoms with Crippen molar-refractivity contribution in [3.05, 3.63) is 41.0 Å². The maximum absolute atomic E-state index is 12.2. The van der Waals surface area contributed by atoms with Crippen LogP contribution in [0.4, 0.5) is 0 Å². The van der Waals surface area contributed by atoms with Crippen molar-refractivity contribution in [1.29, 1.82) is 0 Å². The predicted octanol–water partition coefficient (Wildman–Crippen LogP) is 7.18. The summed E-state index contributed by atoms with van der Waals surface area (Å²) >= 11 is 3.77. The van der Waals surface area contributed by atoms with E-state index in [9.17, 15) is 14.4 Å². The number of carbonyl (C=O) groups is 3. The van der Waals surface area contributed by atoms with Crippen molar-refractivity contribution < 1.29 is 28.0 Å². The fourth-order valence-electron chi connectivity index (χ4n) is 4.67. The summed E-state index contributed by atoms with van der Waals surface area (Å²) in [4.78, 5) is 42.5. The second-order valence-electron chi connectivity index (χ2n) is 12.3. The average Bonchev–Trinajstić information content (AvgIpc) is 3.71. The van der Waals surface area contributed by atoms with Gasteiger partial charge < -0.3 is 29.1 Å². The van der Waals surface area contributed by atoms with Crippen LogP contribution in [0.25, 0.3) is 10.4 Å². The van der Waals surface area contributed by atoms with Gasteiger partial charge in [-0.05, 0) is 75.6 Å². The van der Waals surface area contributed by atoms with Gasteiger partial charge in [0.1, 0.15) is 12.9 Å². The highest BCUT2D eigenvalue weighted by Crippen LogP contribution is 2.27. The Bertz CT molecular complexity index is 1160. The van der Waals surface area contributed by atoms with Gasteiger partial charge in [0.15, 0.2) is 0 Å². The number of likely N-dealkylation sites (N-methyl/N-ethyl adjacent to an activating group) is 1. The number of halogens is 1. The van der Waals surface area contributed by atoms with Crippen LogP contribution < -0.4 is 10.6 Å². The molecule has 3 rings (SSSR count). The summed E-state index contributed by atoms with van der Waals surface area (Å²) < 4.78 is 16.0. The number of benzene rings is 1. The lowest BCUT2D eigenvalue weighted by molar-refractivity contribution is -0.129. The number of aldehydes is 1. The van der Waals surface area contributed by atoms with Crippen molar-refractivity contribution in [1.82, 2.24) is 20.5 Å². The number of aromatic nitrogens is 1. The number of amides is 2. The summed E-state index contributed by atoms with van der Waals surface area (Å²) in [6, 6.07) is 7.89. The Balaban J connectivity index is 0.000000457. The lowest BCUT2D eigenvalue weighted by atomic mass is 9.88. The molecule has 272 valence electrons. The predicted molar refractivity (Wildman–Crippen MR) is 206 cm³/mol. The number of likely N-dealkylation sites (tertiary alicyclic amines) is 1. The molecule has 0 saturated carbocycles. The minimum absolute atomic E-state index is 0.0325. The molecule has 13 heteroatoms. The Morgan fingerprint density at radius 2 is 1.75 bits per heavy atom. The van der Waals surface area contributed by atoms with E-state index >= 15 is 0 Å². The van der Waals surface area contributed by atoms with Crippen molar-refractivity contribution in [2.75, 3.05) is 46.6 Å². The monoisotopic (exact) mass is 820 g/mol. The van der Waals surface area contributed by atoms with Gasteiger partial charge in [0.2, 0.25) is 11.8 Å². The van der Waals surface area contributed by atoms with Crippen molar-refractivity contribution in [2.24, 2.45) is 5.41 Å². The molecule has 10 nitrogen and oxygen atoms in total. The highest BCUT2D eigenvalue weighted by molar-refractivity contribution is 14.2. The molecule has 2 atom stereocenters. The molecule has 1 aliphatic heterocycles. The van der Waals surface area contributed by atoms with Crippen LogP contribution in [0.2, 0.25) is 0 Å². The quantitative estimate of drug-likeness (QED) is 0.0658. The Labute approximate surface area is 309 Å². The van der Waals surface area contributed by atoms with E-state index in [-0.39, 0.29) is 29.9 Å². The number of nitrogens with one attached hydrogen (secondary N) is 2. The third-order valence-electron chi connectivity index (χ3n) is 7.51. The summed E-state index contributed by atoms with van der Waals surface area (Å²) in [6.45, 7) is 15.9. The molecular formula is C35H57IN4O6S2. The molecule has 1 aromatic heterocycles. The van der Waals surface area contributed by atoms with E-state index in [0.29, 0.717) is 19.8 Å². The first-order valence-corrected chi connectivity index (χ1v) is 21.0. The summed E-state index contributed by atoms with van der Waals surface area (Å²) in [5.41, 5.74) is 4.95. The molecule has 1 fully saturated rings. The highest BCUT2D eigenvalue weighted by atomic mass is 127. The molecule has 0 radical (unpaired) electrons. The van der Waals surface area contributed by atoms with E-state index in [4.69, 9.17) is 13.7 Å². The zero-order valence-electron chi connectivity index (χ0n) is 29.8. The first-order chi connectivity index (χ1) is 23.1. The van der Waals surface area contributed by atoms with Crippen LogP contribution in [-0.2, 0) is 34.6 Å². The number of hydrogen-bond acceptors (Lipinski definition) is 10. The van der Waals surface area contributed by atoms with Crippen molar-refractivity contribution in [3.8, 4) is 10.4 Å². The minimum atomic E-state index is -0.502. The molecule has 2 aromatic rings. The van der Waals surface area contributed by atoms with Crippen LogP contribution in [0.15, 0.2) is 29.8 Å². The van der Waals surface area contributed by atoms with Crippen LogP contribution in [0.1, 0.15) is 84.4 Å². The molecule has 2 unspecified atom stereocenters. The first-order valence-electron chi connectivity index (χ1n) is 16.8. The highest BCUT2D eigenvalue weighted by Gasteiger charge is 2.27. The Morgan fingerprint density at radius 1 is 1.08 bits per heavy atom. The molecule has 2 amide bonds. The van der Waals surface area contributed by atoms with Crippen LogP contribution in [-0.4, -0.2) is 86.7 Å². The van der Waals surface area contributed by atoms with Gasteiger partial charge in [-0.1, -0.05) is 58.9 Å². The lowest BCUT2D eigenvalue weighted by Gasteiger charge is -2.26. The largest absolute Gasteiger partial charge is 0.381 e. The number of nitrogens with zero attached hydrogens (tertiary/aromatic N) is 2. The second-order valence-corrected chi connectivity index (χ2v) is 14.6. The van der Waals surface area contributed by atoms with Crippen LogP contribution in [0, 0.1) is 12.3 Å². The molecule has 2 heterocycles. The molecule has 48 heavy (non-hydrogen) atoms. The van der Waals surface area contributed by atoms with E-state index < -0.39 is 6.04 Å². The second kappa shape index (κ2) is 26.2. The van der Waals surface area contributed by atoms with Crippen molar-refractivity contribution >= 4 is 59.9 Å². The SMILES string of the molecule is CC.CC(C)(C)C(C=O)NC(=O)COCCCOCCCCCOSI.Cc1ncsc1-c1ccc(CNC(=O)C2CCCN2C)cc1. The third kappa shape index (κ3) is 18.4. The molecule has 2 N–H and O–H groups in total. The number of rotatable bonds is 19. The van der Waals surface area contributed by atoms with Crippen LogP contribution in [0.3, 0.4) is 0 Å². The van der Waals surface area contributed by atoms with Gasteiger partial charge in [-0.15, -0.1) is 11.3 Å². The van der Waals surface area contributed by atoms with E-state index in [2.05, 4.69) is 66.0 Å². The third-order valence-corrected chi connectivity index (χ3v) is 9.50. The summed E-state index contributed by atoms with van der Waals surface area (Å²) in [5.74, 6) is -0.128. The summed E-state index contributed by atoms with van der Waals surface area (Å²) in [5, 5.41) is 5.72. The van der Waals surface area contributed by atoms with Gasteiger partial charge in [0.25, 0.3) is 0 Å². The minimum Gasteiger partial charge on any atom is -0.381 e. The van der Waals surface area contributed by atoms with Gasteiger partial charge in [-0.25, -0.2) is 4.98 Å². The van der Waals surface area contributed by atoms with E-state index in [1.165, 1.54) is 19.7 Å². The Hall–Kier alpha value is -1.62. The molecule has 1 aliphatic rings. The normalized spacial score (nSPS) is 15.0. The lowest BCUT2D eigenvalue weighted by Crippen LogP contribution is -2.46. The zero-order chi connectivity index (χ0) is 35.8. The van der Waals surface area contributed by atoms with Gasteiger partial charge >= 0.3 is 0 Å².